The molecule has 6 nitrogen and oxygen atoms in total. The van der Waals surface area contributed by atoms with Crippen molar-refractivity contribution in [1.82, 2.24) is 10.2 Å². The zero-order chi connectivity index (χ0) is 22.6. The van der Waals surface area contributed by atoms with E-state index in [-0.39, 0.29) is 22.3 Å². The molecule has 1 unspecified atom stereocenters. The number of halogens is 2. The first-order valence-electron chi connectivity index (χ1n) is 10.0. The Labute approximate surface area is 194 Å². The van der Waals surface area contributed by atoms with Crippen molar-refractivity contribution in [1.29, 1.82) is 0 Å². The van der Waals surface area contributed by atoms with Crippen molar-refractivity contribution in [3.05, 3.63) is 84.9 Å². The zero-order valence-electron chi connectivity index (χ0n) is 17.1. The number of benzene rings is 2. The highest BCUT2D eigenvalue weighted by molar-refractivity contribution is 9.10. The molecule has 4 aromatic rings. The quantitative estimate of drug-likeness (QED) is 0.360. The SMILES string of the molecule is CC(C)Cc1nnc(N2C(=O)c3oc4ccc(F)cc4c(=O)c3C2c2ccc(Br)cc2)s1. The Bertz CT molecular complexity index is 1410. The average Bonchev–Trinajstić information content (AvgIpc) is 3.31. The minimum absolute atomic E-state index is 0.0531. The molecular weight excluding hydrogens is 497 g/mol. The summed E-state index contributed by atoms with van der Waals surface area (Å²) < 4.78 is 20.6. The van der Waals surface area contributed by atoms with Crippen LogP contribution in [0.4, 0.5) is 9.52 Å². The van der Waals surface area contributed by atoms with Crippen molar-refractivity contribution in [2.75, 3.05) is 4.90 Å². The first-order chi connectivity index (χ1) is 15.3. The van der Waals surface area contributed by atoms with E-state index < -0.39 is 23.2 Å². The summed E-state index contributed by atoms with van der Waals surface area (Å²) in [6, 6.07) is 10.3. The number of fused-ring (bicyclic) bond motifs is 2. The Morgan fingerprint density at radius 3 is 2.62 bits per heavy atom. The second-order valence-corrected chi connectivity index (χ2v) is 9.98. The number of carbonyl (C=O) groups excluding carboxylic acids is 1. The molecule has 0 bridgehead atoms. The molecule has 0 aliphatic carbocycles. The van der Waals surface area contributed by atoms with Crippen LogP contribution in [0.1, 0.15) is 46.6 Å². The van der Waals surface area contributed by atoms with Crippen LogP contribution in [0.3, 0.4) is 0 Å². The summed E-state index contributed by atoms with van der Waals surface area (Å²) in [6.07, 6.45) is 0.732. The van der Waals surface area contributed by atoms with Gasteiger partial charge in [-0.25, -0.2) is 4.39 Å². The number of carbonyl (C=O) groups is 1. The van der Waals surface area contributed by atoms with Gasteiger partial charge in [-0.05, 0) is 41.8 Å². The average molecular weight is 514 g/mol. The molecule has 1 aliphatic heterocycles. The van der Waals surface area contributed by atoms with Gasteiger partial charge in [0.2, 0.25) is 10.9 Å². The van der Waals surface area contributed by atoms with Crippen LogP contribution in [0, 0.1) is 11.7 Å². The maximum absolute atomic E-state index is 13.9. The summed E-state index contributed by atoms with van der Waals surface area (Å²) in [5, 5.41) is 9.78. The van der Waals surface area contributed by atoms with Crippen molar-refractivity contribution >= 4 is 49.3 Å². The molecule has 0 saturated heterocycles. The standard InChI is InChI=1S/C23H17BrFN3O3S/c1-11(2)9-17-26-27-23(32-17)28-19(12-3-5-13(24)6-4-12)18-20(29)15-10-14(25)7-8-16(15)31-21(18)22(28)30/h3-8,10-11,19H,9H2,1-2H3. The van der Waals surface area contributed by atoms with E-state index in [4.69, 9.17) is 4.42 Å². The molecule has 0 spiro atoms. The van der Waals surface area contributed by atoms with Gasteiger partial charge in [0.05, 0.1) is 17.0 Å². The fraction of sp³-hybridized carbons (Fsp3) is 0.217. The number of hydrogen-bond acceptors (Lipinski definition) is 6. The molecule has 2 aromatic heterocycles. The van der Waals surface area contributed by atoms with Crippen LogP contribution in [0.2, 0.25) is 0 Å². The lowest BCUT2D eigenvalue weighted by Crippen LogP contribution is -2.29. The van der Waals surface area contributed by atoms with Crippen molar-refractivity contribution in [3.63, 3.8) is 0 Å². The van der Waals surface area contributed by atoms with E-state index in [1.54, 1.807) is 0 Å². The number of rotatable bonds is 4. The van der Waals surface area contributed by atoms with E-state index in [2.05, 4.69) is 40.0 Å². The van der Waals surface area contributed by atoms with Crippen LogP contribution < -0.4 is 10.3 Å². The van der Waals surface area contributed by atoms with Gasteiger partial charge < -0.3 is 4.42 Å². The maximum Gasteiger partial charge on any atom is 0.297 e. The number of aromatic nitrogens is 2. The molecule has 162 valence electrons. The molecule has 2 aromatic carbocycles. The second kappa shape index (κ2) is 7.90. The smallest absolute Gasteiger partial charge is 0.297 e. The number of anilines is 1. The molecule has 0 saturated carbocycles. The maximum atomic E-state index is 13.9. The van der Waals surface area contributed by atoms with Gasteiger partial charge in [0.15, 0.2) is 5.43 Å². The Kier molecular flexibility index (Phi) is 5.17. The summed E-state index contributed by atoms with van der Waals surface area (Å²) >= 11 is 4.73. The van der Waals surface area contributed by atoms with Gasteiger partial charge in [-0.15, -0.1) is 10.2 Å². The molecule has 9 heteroatoms. The first kappa shape index (κ1) is 21.0. The van der Waals surface area contributed by atoms with E-state index in [1.807, 2.05) is 24.3 Å². The lowest BCUT2D eigenvalue weighted by Gasteiger charge is -2.22. The fourth-order valence-electron chi connectivity index (χ4n) is 3.88. The Morgan fingerprint density at radius 1 is 1.16 bits per heavy atom. The third-order valence-corrected chi connectivity index (χ3v) is 6.74. The van der Waals surface area contributed by atoms with E-state index >= 15 is 0 Å². The number of hydrogen-bond donors (Lipinski definition) is 0. The largest absolute Gasteiger partial charge is 0.450 e. The van der Waals surface area contributed by atoms with Crippen LogP contribution in [0.5, 0.6) is 0 Å². The van der Waals surface area contributed by atoms with Crippen LogP contribution in [-0.2, 0) is 6.42 Å². The van der Waals surface area contributed by atoms with Gasteiger partial charge in [-0.3, -0.25) is 14.5 Å². The molecule has 0 N–H and O–H groups in total. The minimum Gasteiger partial charge on any atom is -0.450 e. The first-order valence-corrected chi connectivity index (χ1v) is 11.6. The monoisotopic (exact) mass is 513 g/mol. The van der Waals surface area contributed by atoms with E-state index in [9.17, 15) is 14.0 Å². The van der Waals surface area contributed by atoms with Crippen LogP contribution in [-0.4, -0.2) is 16.1 Å². The van der Waals surface area contributed by atoms with E-state index in [0.29, 0.717) is 16.6 Å². The Morgan fingerprint density at radius 2 is 1.91 bits per heavy atom. The predicted molar refractivity (Wildman–Crippen MR) is 124 cm³/mol. The van der Waals surface area contributed by atoms with Crippen molar-refractivity contribution in [2.45, 2.75) is 26.3 Å². The minimum atomic E-state index is -0.755. The molecule has 0 fully saturated rings. The van der Waals surface area contributed by atoms with Gasteiger partial charge in [0.25, 0.3) is 5.91 Å². The predicted octanol–water partition coefficient (Wildman–Crippen LogP) is 5.49. The molecular formula is C23H17BrFN3O3S. The normalized spacial score (nSPS) is 15.7. The van der Waals surface area contributed by atoms with Crippen LogP contribution in [0.15, 0.2) is 56.1 Å². The van der Waals surface area contributed by atoms with Crippen LogP contribution >= 0.6 is 27.3 Å². The summed E-state index contributed by atoms with van der Waals surface area (Å²) in [4.78, 5) is 28.4. The van der Waals surface area contributed by atoms with E-state index in [0.717, 1.165) is 22.0 Å². The van der Waals surface area contributed by atoms with E-state index in [1.165, 1.54) is 28.4 Å². The summed E-state index contributed by atoms with van der Waals surface area (Å²) in [6.45, 7) is 4.16. The highest BCUT2D eigenvalue weighted by atomic mass is 79.9. The van der Waals surface area contributed by atoms with Gasteiger partial charge in [0.1, 0.15) is 16.4 Å². The lowest BCUT2D eigenvalue weighted by molar-refractivity contribution is 0.0970. The summed E-state index contributed by atoms with van der Waals surface area (Å²) in [5.41, 5.74) is 0.620. The topological polar surface area (TPSA) is 76.3 Å². The molecule has 0 radical (unpaired) electrons. The van der Waals surface area contributed by atoms with Gasteiger partial charge in [0, 0.05) is 10.9 Å². The lowest BCUT2D eigenvalue weighted by atomic mass is 9.99. The third kappa shape index (κ3) is 3.45. The van der Waals surface area contributed by atoms with Crippen molar-refractivity contribution in [3.8, 4) is 0 Å². The fourth-order valence-corrected chi connectivity index (χ4v) is 5.22. The van der Waals surface area contributed by atoms with Gasteiger partial charge in [-0.1, -0.05) is 53.2 Å². The summed E-state index contributed by atoms with van der Waals surface area (Å²) in [7, 11) is 0. The van der Waals surface area contributed by atoms with Crippen LogP contribution in [0.25, 0.3) is 11.0 Å². The Hall–Kier alpha value is -2.91. The Balaban J connectivity index is 1.74. The van der Waals surface area contributed by atoms with Gasteiger partial charge in [-0.2, -0.15) is 0 Å². The molecule has 1 atom stereocenters. The molecule has 32 heavy (non-hydrogen) atoms. The zero-order valence-corrected chi connectivity index (χ0v) is 19.5. The summed E-state index contributed by atoms with van der Waals surface area (Å²) in [5.74, 6) is -0.687. The molecule has 3 heterocycles. The van der Waals surface area contributed by atoms with Gasteiger partial charge >= 0.3 is 0 Å². The molecule has 1 amide bonds. The second-order valence-electron chi connectivity index (χ2n) is 8.02. The number of amides is 1. The molecule has 1 aliphatic rings. The highest BCUT2D eigenvalue weighted by Gasteiger charge is 2.45. The number of nitrogens with zero attached hydrogens (tertiary/aromatic N) is 3. The highest BCUT2D eigenvalue weighted by Crippen LogP contribution is 2.42. The molecule has 5 rings (SSSR count). The van der Waals surface area contributed by atoms with Crippen molar-refractivity contribution in [2.24, 2.45) is 5.92 Å². The van der Waals surface area contributed by atoms with Crippen molar-refractivity contribution < 1.29 is 13.6 Å². The third-order valence-electron chi connectivity index (χ3n) is 5.26.